The highest BCUT2D eigenvalue weighted by atomic mass is 16.5. The van der Waals surface area contributed by atoms with Crippen molar-refractivity contribution in [1.29, 1.82) is 0 Å². The molecular formula is C13H19NO2. The fraction of sp³-hybridized carbons (Fsp3) is 0.462. The van der Waals surface area contributed by atoms with Crippen molar-refractivity contribution >= 4 is 5.91 Å². The molecule has 0 fully saturated rings. The molecule has 0 aromatic heterocycles. The molecule has 88 valence electrons. The van der Waals surface area contributed by atoms with Gasteiger partial charge in [0.2, 0.25) is 5.91 Å². The van der Waals surface area contributed by atoms with Crippen molar-refractivity contribution in [2.75, 3.05) is 6.61 Å². The van der Waals surface area contributed by atoms with E-state index in [1.165, 1.54) is 5.56 Å². The minimum Gasteiger partial charge on any atom is -0.493 e. The lowest BCUT2D eigenvalue weighted by Gasteiger charge is -2.12. The van der Waals surface area contributed by atoms with Crippen molar-refractivity contribution in [3.05, 3.63) is 29.3 Å². The quantitative estimate of drug-likeness (QED) is 0.829. The summed E-state index contributed by atoms with van der Waals surface area (Å²) in [6.07, 6.45) is 0.255. The highest BCUT2D eigenvalue weighted by Crippen LogP contribution is 2.24. The van der Waals surface area contributed by atoms with Gasteiger partial charge in [-0.05, 0) is 30.0 Å². The van der Waals surface area contributed by atoms with E-state index < -0.39 is 0 Å². The molecule has 0 aliphatic heterocycles. The number of aryl methyl sites for hydroxylation is 1. The summed E-state index contributed by atoms with van der Waals surface area (Å²) in [5.41, 5.74) is 7.37. The normalized spacial score (nSPS) is 10.5. The molecule has 0 heterocycles. The van der Waals surface area contributed by atoms with Gasteiger partial charge < -0.3 is 10.5 Å². The first-order valence-corrected chi connectivity index (χ1v) is 5.52. The van der Waals surface area contributed by atoms with Crippen LogP contribution in [0.1, 0.15) is 37.3 Å². The van der Waals surface area contributed by atoms with Crippen molar-refractivity contribution in [2.24, 2.45) is 5.73 Å². The van der Waals surface area contributed by atoms with Crippen LogP contribution in [0.3, 0.4) is 0 Å². The van der Waals surface area contributed by atoms with Crippen LogP contribution in [0.15, 0.2) is 18.2 Å². The molecule has 0 unspecified atom stereocenters. The van der Waals surface area contributed by atoms with E-state index in [1.807, 2.05) is 19.1 Å². The van der Waals surface area contributed by atoms with Crippen LogP contribution < -0.4 is 10.5 Å². The second kappa shape index (κ2) is 5.54. The molecule has 0 spiro atoms. The topological polar surface area (TPSA) is 52.3 Å². The summed E-state index contributed by atoms with van der Waals surface area (Å²) in [5.74, 6) is 0.976. The van der Waals surface area contributed by atoms with Gasteiger partial charge in [0.15, 0.2) is 0 Å². The molecule has 0 bridgehead atoms. The predicted molar refractivity (Wildman–Crippen MR) is 64.6 cm³/mol. The Morgan fingerprint density at radius 1 is 1.44 bits per heavy atom. The van der Waals surface area contributed by atoms with Crippen LogP contribution in [-0.4, -0.2) is 12.5 Å². The first-order chi connectivity index (χ1) is 7.50. The van der Waals surface area contributed by atoms with Gasteiger partial charge in [0.1, 0.15) is 5.75 Å². The molecule has 0 saturated carbocycles. The first kappa shape index (κ1) is 12.6. The molecule has 1 aromatic carbocycles. The fourth-order valence-electron chi connectivity index (χ4n) is 1.39. The minimum atomic E-state index is -0.335. The molecular weight excluding hydrogens is 202 g/mol. The summed E-state index contributed by atoms with van der Waals surface area (Å²) < 4.78 is 5.54. The van der Waals surface area contributed by atoms with Crippen molar-refractivity contribution in [3.8, 4) is 5.75 Å². The number of carbonyl (C=O) groups excluding carboxylic acids is 1. The van der Waals surface area contributed by atoms with Crippen LogP contribution in [0.2, 0.25) is 0 Å². The molecule has 1 amide bonds. The maximum Gasteiger partial charge on any atom is 0.220 e. The molecule has 0 aliphatic rings. The van der Waals surface area contributed by atoms with Gasteiger partial charge in [0.05, 0.1) is 13.0 Å². The summed E-state index contributed by atoms with van der Waals surface area (Å²) in [5, 5.41) is 0. The average molecular weight is 221 g/mol. The summed E-state index contributed by atoms with van der Waals surface area (Å²) in [6, 6.07) is 6.16. The maximum atomic E-state index is 10.6. The maximum absolute atomic E-state index is 10.6. The number of hydrogen-bond donors (Lipinski definition) is 1. The lowest BCUT2D eigenvalue weighted by Crippen LogP contribution is -2.14. The summed E-state index contributed by atoms with van der Waals surface area (Å²) in [7, 11) is 0. The number of benzene rings is 1. The number of nitrogens with two attached hydrogens (primary N) is 1. The third-order valence-corrected chi connectivity index (χ3v) is 2.48. The molecule has 2 N–H and O–H groups in total. The van der Waals surface area contributed by atoms with E-state index in [2.05, 4.69) is 19.9 Å². The van der Waals surface area contributed by atoms with Gasteiger partial charge in [-0.15, -0.1) is 0 Å². The van der Waals surface area contributed by atoms with E-state index in [-0.39, 0.29) is 12.3 Å². The van der Waals surface area contributed by atoms with E-state index in [0.29, 0.717) is 12.5 Å². The molecule has 3 heteroatoms. The summed E-state index contributed by atoms with van der Waals surface area (Å²) in [4.78, 5) is 10.6. The molecule has 0 radical (unpaired) electrons. The lowest BCUT2D eigenvalue weighted by atomic mass is 10.0. The van der Waals surface area contributed by atoms with Crippen LogP contribution in [-0.2, 0) is 4.79 Å². The second-order valence-corrected chi connectivity index (χ2v) is 4.24. The van der Waals surface area contributed by atoms with Gasteiger partial charge >= 0.3 is 0 Å². The fourth-order valence-corrected chi connectivity index (χ4v) is 1.39. The Balaban J connectivity index is 2.70. The average Bonchev–Trinajstić information content (AvgIpc) is 2.20. The van der Waals surface area contributed by atoms with Crippen LogP contribution in [0.5, 0.6) is 5.75 Å². The van der Waals surface area contributed by atoms with Crippen molar-refractivity contribution in [3.63, 3.8) is 0 Å². The molecule has 0 aliphatic carbocycles. The number of ether oxygens (including phenoxy) is 1. The largest absolute Gasteiger partial charge is 0.493 e. The van der Waals surface area contributed by atoms with Gasteiger partial charge in [0, 0.05) is 0 Å². The molecule has 3 nitrogen and oxygen atoms in total. The van der Waals surface area contributed by atoms with Gasteiger partial charge in [-0.1, -0.05) is 26.0 Å². The molecule has 0 atom stereocenters. The summed E-state index contributed by atoms with van der Waals surface area (Å²) >= 11 is 0. The zero-order valence-corrected chi connectivity index (χ0v) is 10.1. The Morgan fingerprint density at radius 2 is 2.12 bits per heavy atom. The zero-order chi connectivity index (χ0) is 12.1. The van der Waals surface area contributed by atoms with Gasteiger partial charge in [0.25, 0.3) is 0 Å². The van der Waals surface area contributed by atoms with Crippen LogP contribution in [0, 0.1) is 6.92 Å². The van der Waals surface area contributed by atoms with Crippen LogP contribution in [0.25, 0.3) is 0 Å². The van der Waals surface area contributed by atoms with E-state index in [0.717, 1.165) is 11.3 Å². The minimum absolute atomic E-state index is 0.255. The van der Waals surface area contributed by atoms with Crippen molar-refractivity contribution < 1.29 is 9.53 Å². The van der Waals surface area contributed by atoms with E-state index in [4.69, 9.17) is 10.5 Å². The highest BCUT2D eigenvalue weighted by molar-refractivity contribution is 5.73. The molecule has 1 rings (SSSR count). The van der Waals surface area contributed by atoms with Crippen molar-refractivity contribution in [2.45, 2.75) is 33.1 Å². The van der Waals surface area contributed by atoms with Gasteiger partial charge in [-0.25, -0.2) is 0 Å². The van der Waals surface area contributed by atoms with Crippen LogP contribution in [0.4, 0.5) is 0 Å². The Kier molecular flexibility index (Phi) is 4.35. The van der Waals surface area contributed by atoms with Crippen LogP contribution >= 0.6 is 0 Å². The molecule has 0 saturated heterocycles. The monoisotopic (exact) mass is 221 g/mol. The van der Waals surface area contributed by atoms with Gasteiger partial charge in [-0.2, -0.15) is 0 Å². The standard InChI is InChI=1S/C13H19NO2/c1-9(2)11-5-4-10(3)12(8-11)16-7-6-13(14)15/h4-5,8-9H,6-7H2,1-3H3,(H2,14,15). The SMILES string of the molecule is Cc1ccc(C(C)C)cc1OCCC(N)=O. The zero-order valence-electron chi connectivity index (χ0n) is 10.1. The summed E-state index contributed by atoms with van der Waals surface area (Å²) in [6.45, 7) is 6.61. The van der Waals surface area contributed by atoms with Gasteiger partial charge in [-0.3, -0.25) is 4.79 Å². The number of hydrogen-bond acceptors (Lipinski definition) is 2. The first-order valence-electron chi connectivity index (χ1n) is 5.52. The Morgan fingerprint density at radius 3 is 2.69 bits per heavy atom. The Hall–Kier alpha value is -1.51. The predicted octanol–water partition coefficient (Wildman–Crippen LogP) is 2.37. The number of primary amides is 1. The van der Waals surface area contributed by atoms with Crippen molar-refractivity contribution in [1.82, 2.24) is 0 Å². The smallest absolute Gasteiger partial charge is 0.220 e. The Bertz CT molecular complexity index is 372. The Labute approximate surface area is 96.6 Å². The second-order valence-electron chi connectivity index (χ2n) is 4.24. The van der Waals surface area contributed by atoms with E-state index >= 15 is 0 Å². The number of carbonyl (C=O) groups is 1. The van der Waals surface area contributed by atoms with E-state index in [9.17, 15) is 4.79 Å². The number of amides is 1. The third kappa shape index (κ3) is 3.57. The molecule has 16 heavy (non-hydrogen) atoms. The van der Waals surface area contributed by atoms with E-state index in [1.54, 1.807) is 0 Å². The third-order valence-electron chi connectivity index (χ3n) is 2.48. The molecule has 1 aromatic rings. The lowest BCUT2D eigenvalue weighted by molar-refractivity contribution is -0.118. The highest BCUT2D eigenvalue weighted by Gasteiger charge is 2.05. The number of rotatable bonds is 5.